The molecular formula is C12H8Br2N4O. The first kappa shape index (κ1) is 12.4. The summed E-state index contributed by atoms with van der Waals surface area (Å²) in [4.78, 5) is 7.36. The Morgan fingerprint density at radius 1 is 1.26 bits per heavy atom. The lowest BCUT2D eigenvalue weighted by molar-refractivity contribution is 0.432. The second kappa shape index (κ2) is 4.82. The maximum atomic E-state index is 6.01. The van der Waals surface area contributed by atoms with E-state index in [0.717, 1.165) is 14.6 Å². The molecule has 2 aromatic heterocycles. The number of hydrogen-bond donors (Lipinski definition) is 2. The van der Waals surface area contributed by atoms with Crippen molar-refractivity contribution in [2.45, 2.75) is 0 Å². The Hall–Kier alpha value is -1.60. The van der Waals surface area contributed by atoms with Gasteiger partial charge in [0.2, 0.25) is 5.82 Å². The Morgan fingerprint density at radius 3 is 2.84 bits per heavy atom. The van der Waals surface area contributed by atoms with E-state index in [4.69, 9.17) is 10.3 Å². The van der Waals surface area contributed by atoms with Crippen molar-refractivity contribution in [1.29, 1.82) is 0 Å². The van der Waals surface area contributed by atoms with E-state index in [1.807, 2.05) is 24.3 Å². The van der Waals surface area contributed by atoms with E-state index in [-0.39, 0.29) is 0 Å². The molecule has 0 fully saturated rings. The summed E-state index contributed by atoms with van der Waals surface area (Å²) in [5.74, 6) is 0.875. The summed E-state index contributed by atoms with van der Waals surface area (Å²) in [7, 11) is 0. The predicted octanol–water partition coefficient (Wildman–Crippen LogP) is 3.84. The molecule has 0 aliphatic heterocycles. The fraction of sp³-hybridized carbons (Fsp3) is 0. The van der Waals surface area contributed by atoms with Crippen LogP contribution in [0.4, 0.5) is 5.69 Å². The molecule has 96 valence electrons. The summed E-state index contributed by atoms with van der Waals surface area (Å²) in [6.45, 7) is 0. The number of nitrogen functional groups attached to an aromatic ring is 1. The standard InChI is InChI=1S/C12H8Br2N4O/c13-6-4-7(10(15)8(14)5-6)12-17-11(18-19-12)9-2-1-3-16-9/h1-5,16H,15H2. The average Bonchev–Trinajstić information content (AvgIpc) is 3.03. The first-order valence-electron chi connectivity index (χ1n) is 5.37. The molecule has 3 N–H and O–H groups in total. The number of halogens is 2. The van der Waals surface area contributed by atoms with Crippen LogP contribution in [0.3, 0.4) is 0 Å². The highest BCUT2D eigenvalue weighted by atomic mass is 79.9. The summed E-state index contributed by atoms with van der Waals surface area (Å²) in [5, 5.41) is 3.93. The Bertz CT molecular complexity index is 721. The number of nitrogens with zero attached hydrogens (tertiary/aromatic N) is 2. The molecule has 0 saturated heterocycles. The minimum Gasteiger partial charge on any atom is -0.397 e. The maximum Gasteiger partial charge on any atom is 0.260 e. The smallest absolute Gasteiger partial charge is 0.260 e. The number of aromatic nitrogens is 3. The Labute approximate surface area is 125 Å². The molecule has 3 aromatic rings. The van der Waals surface area contributed by atoms with Gasteiger partial charge in [0.15, 0.2) is 0 Å². The highest BCUT2D eigenvalue weighted by molar-refractivity contribution is 9.11. The van der Waals surface area contributed by atoms with Crippen LogP contribution in [0, 0.1) is 0 Å². The number of nitrogens with one attached hydrogen (secondary N) is 1. The molecular weight excluding hydrogens is 376 g/mol. The molecule has 2 heterocycles. The Kier molecular flexibility index (Phi) is 3.16. The van der Waals surface area contributed by atoms with Gasteiger partial charge in [-0.2, -0.15) is 4.98 Å². The lowest BCUT2D eigenvalue weighted by Gasteiger charge is -2.04. The second-order valence-corrected chi connectivity index (χ2v) is 5.63. The van der Waals surface area contributed by atoms with Gasteiger partial charge in [0.05, 0.1) is 16.9 Å². The van der Waals surface area contributed by atoms with Crippen molar-refractivity contribution in [1.82, 2.24) is 15.1 Å². The molecule has 0 saturated carbocycles. The lowest BCUT2D eigenvalue weighted by Crippen LogP contribution is -1.92. The number of rotatable bonds is 2. The molecule has 0 amide bonds. The van der Waals surface area contributed by atoms with E-state index >= 15 is 0 Å². The highest BCUT2D eigenvalue weighted by Gasteiger charge is 2.15. The molecule has 0 atom stereocenters. The maximum absolute atomic E-state index is 6.01. The van der Waals surface area contributed by atoms with Gasteiger partial charge in [-0.1, -0.05) is 21.1 Å². The molecule has 19 heavy (non-hydrogen) atoms. The number of hydrogen-bond acceptors (Lipinski definition) is 4. The van der Waals surface area contributed by atoms with Crippen molar-refractivity contribution in [3.63, 3.8) is 0 Å². The van der Waals surface area contributed by atoms with Crippen molar-refractivity contribution < 1.29 is 4.52 Å². The van der Waals surface area contributed by atoms with Crippen LogP contribution in [0.15, 0.2) is 43.9 Å². The largest absolute Gasteiger partial charge is 0.397 e. The molecule has 0 bridgehead atoms. The van der Waals surface area contributed by atoms with E-state index < -0.39 is 0 Å². The Balaban J connectivity index is 2.09. The van der Waals surface area contributed by atoms with Gasteiger partial charge < -0.3 is 15.2 Å². The first-order chi connectivity index (χ1) is 9.15. The van der Waals surface area contributed by atoms with E-state index in [1.54, 1.807) is 6.20 Å². The molecule has 0 unspecified atom stereocenters. The number of aromatic amines is 1. The van der Waals surface area contributed by atoms with Crippen LogP contribution >= 0.6 is 31.9 Å². The quantitative estimate of drug-likeness (QED) is 0.658. The van der Waals surface area contributed by atoms with Crippen LogP contribution in [0.5, 0.6) is 0 Å². The molecule has 3 rings (SSSR count). The van der Waals surface area contributed by atoms with Crippen LogP contribution in [0.2, 0.25) is 0 Å². The topological polar surface area (TPSA) is 80.7 Å². The summed E-state index contributed by atoms with van der Waals surface area (Å²) in [5.41, 5.74) is 8.05. The SMILES string of the molecule is Nc1c(Br)cc(Br)cc1-c1nc(-c2ccc[nH]2)no1. The fourth-order valence-corrected chi connectivity index (χ4v) is 2.90. The first-order valence-corrected chi connectivity index (χ1v) is 6.96. The molecule has 0 aliphatic carbocycles. The monoisotopic (exact) mass is 382 g/mol. The van der Waals surface area contributed by atoms with E-state index in [1.165, 1.54) is 0 Å². The van der Waals surface area contributed by atoms with E-state index in [2.05, 4.69) is 47.0 Å². The van der Waals surface area contributed by atoms with Crippen molar-refractivity contribution in [3.8, 4) is 23.0 Å². The van der Waals surface area contributed by atoms with Gasteiger partial charge in [-0.3, -0.25) is 0 Å². The minimum atomic E-state index is 0.379. The number of nitrogens with two attached hydrogens (primary N) is 1. The minimum absolute atomic E-state index is 0.379. The van der Waals surface area contributed by atoms with Gasteiger partial charge in [0.1, 0.15) is 0 Å². The molecule has 0 radical (unpaired) electrons. The number of anilines is 1. The fourth-order valence-electron chi connectivity index (χ4n) is 1.67. The summed E-state index contributed by atoms with van der Waals surface area (Å²) in [6, 6.07) is 7.44. The normalized spacial score (nSPS) is 10.8. The van der Waals surface area contributed by atoms with Crippen LogP contribution in [0.25, 0.3) is 23.0 Å². The van der Waals surface area contributed by atoms with Crippen molar-refractivity contribution in [3.05, 3.63) is 39.4 Å². The van der Waals surface area contributed by atoms with Crippen molar-refractivity contribution in [2.75, 3.05) is 5.73 Å². The lowest BCUT2D eigenvalue weighted by atomic mass is 10.2. The van der Waals surface area contributed by atoms with E-state index in [9.17, 15) is 0 Å². The zero-order valence-electron chi connectivity index (χ0n) is 9.52. The second-order valence-electron chi connectivity index (χ2n) is 3.86. The van der Waals surface area contributed by atoms with Crippen LogP contribution in [-0.4, -0.2) is 15.1 Å². The third-order valence-corrected chi connectivity index (χ3v) is 3.70. The van der Waals surface area contributed by atoms with Gasteiger partial charge in [0, 0.05) is 15.1 Å². The molecule has 7 heteroatoms. The van der Waals surface area contributed by atoms with Crippen LogP contribution < -0.4 is 5.73 Å². The van der Waals surface area contributed by atoms with Crippen LogP contribution in [0.1, 0.15) is 0 Å². The Morgan fingerprint density at radius 2 is 2.11 bits per heavy atom. The van der Waals surface area contributed by atoms with Crippen LogP contribution in [-0.2, 0) is 0 Å². The predicted molar refractivity (Wildman–Crippen MR) is 79.3 cm³/mol. The molecule has 0 aliphatic rings. The molecule has 0 spiro atoms. The van der Waals surface area contributed by atoms with Gasteiger partial charge in [-0.25, -0.2) is 0 Å². The van der Waals surface area contributed by atoms with Gasteiger partial charge in [0.25, 0.3) is 5.89 Å². The third-order valence-electron chi connectivity index (χ3n) is 2.59. The van der Waals surface area contributed by atoms with Gasteiger partial charge in [-0.15, -0.1) is 0 Å². The zero-order valence-corrected chi connectivity index (χ0v) is 12.7. The zero-order chi connectivity index (χ0) is 13.4. The number of benzene rings is 1. The summed E-state index contributed by atoms with van der Waals surface area (Å²) in [6.07, 6.45) is 1.80. The molecule has 1 aromatic carbocycles. The van der Waals surface area contributed by atoms with Crippen molar-refractivity contribution in [2.24, 2.45) is 0 Å². The van der Waals surface area contributed by atoms with Gasteiger partial charge in [-0.05, 0) is 40.2 Å². The van der Waals surface area contributed by atoms with E-state index in [0.29, 0.717) is 23.0 Å². The third kappa shape index (κ3) is 2.31. The molecule has 5 nitrogen and oxygen atoms in total. The average molecular weight is 384 g/mol. The summed E-state index contributed by atoms with van der Waals surface area (Å²) < 4.78 is 6.92. The van der Waals surface area contributed by atoms with Gasteiger partial charge >= 0.3 is 0 Å². The summed E-state index contributed by atoms with van der Waals surface area (Å²) >= 11 is 6.80. The number of H-pyrrole nitrogens is 1. The van der Waals surface area contributed by atoms with Crippen molar-refractivity contribution >= 4 is 37.5 Å². The highest BCUT2D eigenvalue weighted by Crippen LogP contribution is 2.34.